The molecule has 2 aromatic carbocycles. The number of rotatable bonds is 8. The number of hydrogen-bond acceptors (Lipinski definition) is 5. The number of carbonyl (C=O) groups excluding carboxylic acids is 1. The van der Waals surface area contributed by atoms with Gasteiger partial charge in [-0.25, -0.2) is 4.39 Å². The van der Waals surface area contributed by atoms with Gasteiger partial charge in [-0.2, -0.15) is 0 Å². The zero-order chi connectivity index (χ0) is 20.9. The first kappa shape index (κ1) is 21.6. The maximum Gasteiger partial charge on any atom is 0.272 e. The Morgan fingerprint density at radius 3 is 2.64 bits per heavy atom. The summed E-state index contributed by atoms with van der Waals surface area (Å²) < 4.78 is 19.2. The quantitative estimate of drug-likeness (QED) is 0.393. The minimum absolute atomic E-state index is 0.0762. The van der Waals surface area contributed by atoms with Crippen LogP contribution in [-0.4, -0.2) is 34.0 Å². The number of halogens is 2. The molecule has 0 saturated heterocycles. The largest absolute Gasteiger partial charge is 0.490 e. The van der Waals surface area contributed by atoms with Crippen LogP contribution in [0.4, 0.5) is 15.8 Å². The Morgan fingerprint density at radius 2 is 2.07 bits per heavy atom. The zero-order valence-corrected chi connectivity index (χ0v) is 16.1. The van der Waals surface area contributed by atoms with Gasteiger partial charge in [0.05, 0.1) is 4.92 Å². The van der Waals surface area contributed by atoms with E-state index >= 15 is 0 Å². The lowest BCUT2D eigenvalue weighted by atomic mass is 10.1. The van der Waals surface area contributed by atoms with Gasteiger partial charge in [-0.1, -0.05) is 6.07 Å². The number of ether oxygens (including phenoxy) is 1. The molecular formula is C19H20ClFN2O5. The second-order valence-electron chi connectivity index (χ2n) is 6.47. The molecule has 1 amide bonds. The summed E-state index contributed by atoms with van der Waals surface area (Å²) in [5, 5.41) is 23.7. The van der Waals surface area contributed by atoms with E-state index in [1.807, 2.05) is 0 Å². The van der Waals surface area contributed by atoms with E-state index in [0.29, 0.717) is 23.2 Å². The molecule has 2 aromatic rings. The van der Waals surface area contributed by atoms with E-state index < -0.39 is 28.9 Å². The van der Waals surface area contributed by atoms with Crippen molar-refractivity contribution in [3.8, 4) is 5.75 Å². The van der Waals surface area contributed by atoms with Gasteiger partial charge in [0.1, 0.15) is 18.2 Å². The van der Waals surface area contributed by atoms with Crippen LogP contribution in [0.5, 0.6) is 5.75 Å². The third-order valence-electron chi connectivity index (χ3n) is 4.05. The highest BCUT2D eigenvalue weighted by molar-refractivity contribution is 6.18. The summed E-state index contributed by atoms with van der Waals surface area (Å²) in [4.78, 5) is 22.6. The molecule has 150 valence electrons. The fourth-order valence-electron chi connectivity index (χ4n) is 2.42. The minimum Gasteiger partial charge on any atom is -0.490 e. The van der Waals surface area contributed by atoms with Crippen LogP contribution < -0.4 is 10.1 Å². The number of aliphatic hydroxyl groups is 1. The molecule has 0 aliphatic heterocycles. The van der Waals surface area contributed by atoms with Crippen LogP contribution in [0.15, 0.2) is 36.4 Å². The van der Waals surface area contributed by atoms with E-state index in [1.54, 1.807) is 0 Å². The summed E-state index contributed by atoms with van der Waals surface area (Å²) >= 11 is 5.60. The summed E-state index contributed by atoms with van der Waals surface area (Å²) in [6.45, 7) is 2.37. The van der Waals surface area contributed by atoms with Crippen molar-refractivity contribution >= 4 is 28.9 Å². The third-order valence-corrected chi connectivity index (χ3v) is 4.24. The van der Waals surface area contributed by atoms with E-state index in [1.165, 1.54) is 44.2 Å². The molecule has 9 heteroatoms. The van der Waals surface area contributed by atoms with Crippen LogP contribution in [0.2, 0.25) is 0 Å². The van der Waals surface area contributed by atoms with Crippen LogP contribution in [0.1, 0.15) is 18.1 Å². The van der Waals surface area contributed by atoms with Crippen molar-refractivity contribution in [3.63, 3.8) is 0 Å². The van der Waals surface area contributed by atoms with Crippen molar-refractivity contribution in [1.29, 1.82) is 0 Å². The summed E-state index contributed by atoms with van der Waals surface area (Å²) in [6.07, 6.45) is 0.377. The molecule has 0 aromatic heterocycles. The molecule has 0 aliphatic carbocycles. The van der Waals surface area contributed by atoms with Gasteiger partial charge in [-0.3, -0.25) is 14.9 Å². The van der Waals surface area contributed by atoms with Gasteiger partial charge in [0, 0.05) is 29.3 Å². The van der Waals surface area contributed by atoms with Gasteiger partial charge >= 0.3 is 0 Å². The zero-order valence-electron chi connectivity index (χ0n) is 15.4. The topological polar surface area (TPSA) is 102 Å². The molecule has 0 spiro atoms. The molecule has 28 heavy (non-hydrogen) atoms. The Hall–Kier alpha value is -2.71. The van der Waals surface area contributed by atoms with E-state index in [4.69, 9.17) is 16.3 Å². The predicted molar refractivity (Wildman–Crippen MR) is 103 cm³/mol. The lowest BCUT2D eigenvalue weighted by Gasteiger charge is -2.23. The highest BCUT2D eigenvalue weighted by Gasteiger charge is 2.32. The van der Waals surface area contributed by atoms with E-state index in [9.17, 15) is 24.4 Å². The standard InChI is InChI=1S/C19H20ClFN2O5/c1-12-9-14(4-6-17(12)23(26)27)22-18(24)19(2,25)11-28-15-5-3-13(7-8-20)16(21)10-15/h3-6,9-10,25H,7-8,11H2,1-2H3,(H,22,24). The van der Waals surface area contributed by atoms with Gasteiger partial charge in [0.25, 0.3) is 11.6 Å². The van der Waals surface area contributed by atoms with Crippen molar-refractivity contribution < 1.29 is 24.0 Å². The van der Waals surface area contributed by atoms with Crippen molar-refractivity contribution in [1.82, 2.24) is 0 Å². The van der Waals surface area contributed by atoms with Crippen LogP contribution in [0, 0.1) is 22.9 Å². The first-order valence-electron chi connectivity index (χ1n) is 8.40. The van der Waals surface area contributed by atoms with Gasteiger partial charge < -0.3 is 15.2 Å². The van der Waals surface area contributed by atoms with Crippen LogP contribution in [0.3, 0.4) is 0 Å². The fraction of sp³-hybridized carbons (Fsp3) is 0.316. The molecule has 0 aliphatic rings. The molecule has 0 radical (unpaired) electrons. The molecule has 0 heterocycles. The van der Waals surface area contributed by atoms with Crippen molar-refractivity contribution in [2.24, 2.45) is 0 Å². The minimum atomic E-state index is -1.92. The SMILES string of the molecule is Cc1cc(NC(=O)C(C)(O)COc2ccc(CCCl)c(F)c2)ccc1[N+](=O)[O-]. The number of hydrogen-bond donors (Lipinski definition) is 2. The van der Waals surface area contributed by atoms with E-state index in [-0.39, 0.29) is 17.3 Å². The summed E-state index contributed by atoms with van der Waals surface area (Å²) in [5.74, 6) is -0.799. The van der Waals surface area contributed by atoms with E-state index in [0.717, 1.165) is 6.07 Å². The van der Waals surface area contributed by atoms with E-state index in [2.05, 4.69) is 5.32 Å². The number of aryl methyl sites for hydroxylation is 2. The number of nitro benzene ring substituents is 1. The first-order valence-corrected chi connectivity index (χ1v) is 8.93. The number of anilines is 1. The Balaban J connectivity index is 2.02. The molecule has 1 atom stereocenters. The van der Waals surface area contributed by atoms with Gasteiger partial charge in [-0.15, -0.1) is 11.6 Å². The van der Waals surface area contributed by atoms with Gasteiger partial charge in [-0.05, 0) is 44.0 Å². The highest BCUT2D eigenvalue weighted by Crippen LogP contribution is 2.23. The highest BCUT2D eigenvalue weighted by atomic mass is 35.5. The lowest BCUT2D eigenvalue weighted by molar-refractivity contribution is -0.385. The number of nitrogens with one attached hydrogen (secondary N) is 1. The number of benzene rings is 2. The molecule has 1 unspecified atom stereocenters. The second kappa shape index (κ2) is 8.99. The van der Waals surface area contributed by atoms with Crippen LogP contribution in [0.25, 0.3) is 0 Å². The number of alkyl halides is 1. The maximum atomic E-state index is 13.9. The monoisotopic (exact) mass is 410 g/mol. The molecule has 0 saturated carbocycles. The van der Waals surface area contributed by atoms with Gasteiger partial charge in [0.15, 0.2) is 5.60 Å². The predicted octanol–water partition coefficient (Wildman–Crippen LogP) is 3.59. The average molecular weight is 411 g/mol. The first-order chi connectivity index (χ1) is 13.1. The van der Waals surface area contributed by atoms with Crippen molar-refractivity contribution in [2.45, 2.75) is 25.9 Å². The Labute approximate surface area is 166 Å². The number of amides is 1. The smallest absolute Gasteiger partial charge is 0.272 e. The number of nitro groups is 1. The second-order valence-corrected chi connectivity index (χ2v) is 6.85. The molecule has 2 rings (SSSR count). The molecular weight excluding hydrogens is 391 g/mol. The summed E-state index contributed by atoms with van der Waals surface area (Å²) in [7, 11) is 0. The Bertz CT molecular complexity index is 889. The molecule has 2 N–H and O–H groups in total. The van der Waals surface area contributed by atoms with Crippen molar-refractivity contribution in [3.05, 3.63) is 63.5 Å². The Kier molecular flexibility index (Phi) is 6.93. The lowest BCUT2D eigenvalue weighted by Crippen LogP contribution is -2.45. The molecule has 0 bridgehead atoms. The normalized spacial score (nSPS) is 12.9. The van der Waals surface area contributed by atoms with Crippen molar-refractivity contribution in [2.75, 3.05) is 17.8 Å². The van der Waals surface area contributed by atoms with Gasteiger partial charge in [0.2, 0.25) is 0 Å². The van der Waals surface area contributed by atoms with Crippen LogP contribution >= 0.6 is 11.6 Å². The number of carbonyl (C=O) groups is 1. The summed E-state index contributed by atoms with van der Waals surface area (Å²) in [5.41, 5.74) is -0.884. The van der Waals surface area contributed by atoms with Crippen LogP contribution in [-0.2, 0) is 11.2 Å². The summed E-state index contributed by atoms with van der Waals surface area (Å²) in [6, 6.07) is 8.28. The maximum absolute atomic E-state index is 13.9. The fourth-order valence-corrected chi connectivity index (χ4v) is 2.62. The number of nitrogens with zero attached hydrogens (tertiary/aromatic N) is 1. The Morgan fingerprint density at radius 1 is 1.36 bits per heavy atom. The molecule has 0 fully saturated rings. The third kappa shape index (κ3) is 5.40. The molecule has 7 nitrogen and oxygen atoms in total. The average Bonchev–Trinajstić information content (AvgIpc) is 2.62.